The third-order valence-corrected chi connectivity index (χ3v) is 4.71. The van der Waals surface area contributed by atoms with Crippen molar-refractivity contribution in [3.63, 3.8) is 0 Å². The lowest BCUT2D eigenvalue weighted by Gasteiger charge is -2.08. The molecule has 158 valence electrons. The maximum absolute atomic E-state index is 12.2. The highest BCUT2D eigenvalue weighted by Gasteiger charge is 2.23. The number of hydrogen-bond acceptors (Lipinski definition) is 5. The smallest absolute Gasteiger partial charge is 0.341 e. The Labute approximate surface area is 179 Å². The second kappa shape index (κ2) is 9.25. The molecular formula is C23H22N4O4. The minimum Gasteiger partial charge on any atom is -0.452 e. The molecule has 0 aliphatic heterocycles. The van der Waals surface area contributed by atoms with Gasteiger partial charge >= 0.3 is 5.97 Å². The third kappa shape index (κ3) is 5.79. The molecule has 1 saturated carbocycles. The van der Waals surface area contributed by atoms with E-state index < -0.39 is 18.5 Å². The zero-order valence-electron chi connectivity index (χ0n) is 16.8. The molecule has 4 rings (SSSR count). The quantitative estimate of drug-likeness (QED) is 0.548. The van der Waals surface area contributed by atoms with E-state index in [9.17, 15) is 14.4 Å². The summed E-state index contributed by atoms with van der Waals surface area (Å²) in [5.74, 6) is -1.30. The minimum absolute atomic E-state index is 0.169. The Balaban J connectivity index is 1.27. The Morgan fingerprint density at radius 3 is 2.61 bits per heavy atom. The molecule has 0 unspecified atom stereocenters. The summed E-state index contributed by atoms with van der Waals surface area (Å²) >= 11 is 0. The van der Waals surface area contributed by atoms with Crippen LogP contribution in [0, 0.1) is 0 Å². The fourth-order valence-corrected chi connectivity index (χ4v) is 2.97. The first-order valence-electron chi connectivity index (χ1n) is 10.0. The summed E-state index contributed by atoms with van der Waals surface area (Å²) < 4.78 is 6.71. The molecule has 1 fully saturated rings. The van der Waals surface area contributed by atoms with Crippen molar-refractivity contribution < 1.29 is 19.1 Å². The van der Waals surface area contributed by atoms with E-state index in [0.29, 0.717) is 17.8 Å². The molecule has 2 N–H and O–H groups in total. The van der Waals surface area contributed by atoms with Crippen LogP contribution in [0.3, 0.4) is 0 Å². The van der Waals surface area contributed by atoms with E-state index >= 15 is 0 Å². The molecule has 0 saturated heterocycles. The van der Waals surface area contributed by atoms with Gasteiger partial charge in [-0.25, -0.2) is 4.79 Å². The predicted octanol–water partition coefficient (Wildman–Crippen LogP) is 2.62. The Kier molecular flexibility index (Phi) is 6.07. The van der Waals surface area contributed by atoms with Gasteiger partial charge in [-0.1, -0.05) is 36.4 Å². The summed E-state index contributed by atoms with van der Waals surface area (Å²) in [6, 6.07) is 16.6. The molecular weight excluding hydrogens is 396 g/mol. The number of carbonyl (C=O) groups is 3. The average molecular weight is 418 g/mol. The highest BCUT2D eigenvalue weighted by molar-refractivity contribution is 5.98. The summed E-state index contributed by atoms with van der Waals surface area (Å²) in [5.41, 5.74) is 2.24. The van der Waals surface area contributed by atoms with Gasteiger partial charge in [0.15, 0.2) is 6.61 Å². The summed E-state index contributed by atoms with van der Waals surface area (Å²) in [7, 11) is 0. The molecule has 2 aromatic carbocycles. The van der Waals surface area contributed by atoms with Crippen LogP contribution >= 0.6 is 0 Å². The summed E-state index contributed by atoms with van der Waals surface area (Å²) in [5, 5.41) is 9.69. The lowest BCUT2D eigenvalue weighted by Crippen LogP contribution is -2.25. The van der Waals surface area contributed by atoms with Crippen molar-refractivity contribution in [3.8, 4) is 0 Å². The van der Waals surface area contributed by atoms with E-state index in [1.165, 1.54) is 6.20 Å². The van der Waals surface area contributed by atoms with Gasteiger partial charge in [0.25, 0.3) is 11.8 Å². The van der Waals surface area contributed by atoms with Gasteiger partial charge in [0.05, 0.1) is 18.3 Å². The molecule has 3 aromatic rings. The first-order valence-corrected chi connectivity index (χ1v) is 10.0. The van der Waals surface area contributed by atoms with Crippen LogP contribution in [0.15, 0.2) is 67.0 Å². The largest absolute Gasteiger partial charge is 0.452 e. The highest BCUT2D eigenvalue weighted by Crippen LogP contribution is 2.20. The van der Waals surface area contributed by atoms with Gasteiger partial charge in [0.1, 0.15) is 0 Å². The van der Waals surface area contributed by atoms with Gasteiger partial charge < -0.3 is 15.4 Å². The Hall–Kier alpha value is -3.94. The van der Waals surface area contributed by atoms with E-state index in [-0.39, 0.29) is 17.5 Å². The average Bonchev–Trinajstić information content (AvgIpc) is 3.47. The molecule has 0 bridgehead atoms. The molecule has 0 spiro atoms. The fraction of sp³-hybridized carbons (Fsp3) is 0.217. The zero-order valence-corrected chi connectivity index (χ0v) is 16.8. The molecule has 8 nitrogen and oxygen atoms in total. The number of esters is 1. The number of aromatic nitrogens is 2. The van der Waals surface area contributed by atoms with Gasteiger partial charge in [-0.15, -0.1) is 0 Å². The Morgan fingerprint density at radius 1 is 1.03 bits per heavy atom. The lowest BCUT2D eigenvalue weighted by atomic mass is 10.2. The van der Waals surface area contributed by atoms with Crippen molar-refractivity contribution in [2.75, 3.05) is 11.9 Å². The zero-order chi connectivity index (χ0) is 21.6. The monoisotopic (exact) mass is 418 g/mol. The van der Waals surface area contributed by atoms with Crippen molar-refractivity contribution in [1.82, 2.24) is 15.1 Å². The van der Waals surface area contributed by atoms with Crippen molar-refractivity contribution in [2.45, 2.75) is 25.4 Å². The number of hydrogen-bond donors (Lipinski definition) is 2. The number of anilines is 1. The second-order valence-corrected chi connectivity index (χ2v) is 7.37. The molecule has 1 heterocycles. The van der Waals surface area contributed by atoms with Crippen LogP contribution in [0.2, 0.25) is 0 Å². The molecule has 0 radical (unpaired) electrons. The van der Waals surface area contributed by atoms with Gasteiger partial charge in [-0.05, 0) is 36.6 Å². The standard InChI is InChI=1S/C23H22N4O4/c28-21(25-20-8-4-7-17(11-20)22(29)26-19-9-10-19)15-31-23(30)18-12-24-27(14-18)13-16-5-2-1-3-6-16/h1-8,11-12,14,19H,9-10,13,15H2,(H,25,28)(H,26,29). The number of ether oxygens (including phenoxy) is 1. The SMILES string of the molecule is O=C(COC(=O)c1cnn(Cc2ccccc2)c1)Nc1cccc(C(=O)NC2CC2)c1. The molecule has 0 atom stereocenters. The van der Waals surface area contributed by atoms with Crippen LogP contribution < -0.4 is 10.6 Å². The van der Waals surface area contributed by atoms with Crippen LogP contribution in [0.5, 0.6) is 0 Å². The maximum Gasteiger partial charge on any atom is 0.341 e. The van der Waals surface area contributed by atoms with Gasteiger partial charge in [0, 0.05) is 23.5 Å². The molecule has 8 heteroatoms. The number of nitrogens with zero attached hydrogens (tertiary/aromatic N) is 2. The molecule has 1 aromatic heterocycles. The number of benzene rings is 2. The van der Waals surface area contributed by atoms with Crippen LogP contribution in [0.1, 0.15) is 39.1 Å². The number of rotatable bonds is 8. The van der Waals surface area contributed by atoms with Gasteiger partial charge in [-0.2, -0.15) is 5.10 Å². The first kappa shape index (κ1) is 20.3. The van der Waals surface area contributed by atoms with E-state index in [2.05, 4.69) is 15.7 Å². The summed E-state index contributed by atoms with van der Waals surface area (Å²) in [4.78, 5) is 36.5. The predicted molar refractivity (Wildman–Crippen MR) is 114 cm³/mol. The normalized spacial score (nSPS) is 12.8. The van der Waals surface area contributed by atoms with Crippen LogP contribution in [-0.4, -0.2) is 40.2 Å². The summed E-state index contributed by atoms with van der Waals surface area (Å²) in [6.45, 7) is 0.0838. The Bertz CT molecular complexity index is 1090. The highest BCUT2D eigenvalue weighted by atomic mass is 16.5. The fourth-order valence-electron chi connectivity index (χ4n) is 2.97. The Morgan fingerprint density at radius 2 is 1.84 bits per heavy atom. The molecule has 31 heavy (non-hydrogen) atoms. The molecule has 2 amide bonds. The lowest BCUT2D eigenvalue weighted by molar-refractivity contribution is -0.119. The molecule has 1 aliphatic carbocycles. The minimum atomic E-state index is -0.632. The first-order chi connectivity index (χ1) is 15.1. The van der Waals surface area contributed by atoms with Crippen molar-refractivity contribution in [2.24, 2.45) is 0 Å². The van der Waals surface area contributed by atoms with Crippen LogP contribution in [-0.2, 0) is 16.1 Å². The van der Waals surface area contributed by atoms with E-state index in [4.69, 9.17) is 4.74 Å². The van der Waals surface area contributed by atoms with E-state index in [1.807, 2.05) is 30.3 Å². The van der Waals surface area contributed by atoms with Gasteiger partial charge in [-0.3, -0.25) is 14.3 Å². The molecule has 1 aliphatic rings. The topological polar surface area (TPSA) is 102 Å². The van der Waals surface area contributed by atoms with Crippen LogP contribution in [0.25, 0.3) is 0 Å². The second-order valence-electron chi connectivity index (χ2n) is 7.37. The van der Waals surface area contributed by atoms with Crippen molar-refractivity contribution in [1.29, 1.82) is 0 Å². The maximum atomic E-state index is 12.2. The van der Waals surface area contributed by atoms with Gasteiger partial charge in [0.2, 0.25) is 0 Å². The number of nitrogens with one attached hydrogen (secondary N) is 2. The van der Waals surface area contributed by atoms with Crippen molar-refractivity contribution in [3.05, 3.63) is 83.7 Å². The van der Waals surface area contributed by atoms with Crippen LogP contribution in [0.4, 0.5) is 5.69 Å². The number of carbonyl (C=O) groups excluding carboxylic acids is 3. The van der Waals surface area contributed by atoms with E-state index in [0.717, 1.165) is 18.4 Å². The number of amides is 2. The van der Waals surface area contributed by atoms with Crippen molar-refractivity contribution >= 4 is 23.5 Å². The summed E-state index contributed by atoms with van der Waals surface area (Å²) in [6.07, 6.45) is 4.98. The third-order valence-electron chi connectivity index (χ3n) is 4.71. The van der Waals surface area contributed by atoms with E-state index in [1.54, 1.807) is 35.1 Å².